The molecule has 13 rings (SSSR count). The molecule has 1 aromatic heterocycles. The van der Waals surface area contributed by atoms with Crippen molar-refractivity contribution in [3.63, 3.8) is 0 Å². The Balaban J connectivity index is 0.748. The first-order valence-electron chi connectivity index (χ1n) is 26.1. The lowest BCUT2D eigenvalue weighted by molar-refractivity contribution is -0.256. The third kappa shape index (κ3) is 4.98. The summed E-state index contributed by atoms with van der Waals surface area (Å²) in [5.41, 5.74) is 4.79. The Morgan fingerprint density at radius 1 is 0.500 bits per heavy atom. The fraction of sp³-hybridized carbons (Fsp3) is 0.926. The van der Waals surface area contributed by atoms with Crippen molar-refractivity contribution in [3.05, 3.63) is 22.8 Å². The summed E-state index contributed by atoms with van der Waals surface area (Å²) < 4.78 is 27.6. The molecule has 2 N–H and O–H groups in total. The lowest BCUT2D eigenvalue weighted by atomic mass is 9.43. The van der Waals surface area contributed by atoms with E-state index in [2.05, 4.69) is 69.2 Å². The van der Waals surface area contributed by atoms with E-state index < -0.39 is 11.6 Å². The van der Waals surface area contributed by atoms with Crippen LogP contribution in [0.2, 0.25) is 0 Å². The van der Waals surface area contributed by atoms with Crippen molar-refractivity contribution < 1.29 is 29.2 Å². The monoisotopic (exact) mass is 853 g/mol. The summed E-state index contributed by atoms with van der Waals surface area (Å²) in [5, 5.41) is 25.0. The van der Waals surface area contributed by atoms with Gasteiger partial charge in [-0.1, -0.05) is 41.5 Å². The Kier molecular flexibility index (Phi) is 8.27. The van der Waals surface area contributed by atoms with Crippen LogP contribution in [0.15, 0.2) is 0 Å². The van der Waals surface area contributed by atoms with E-state index in [0.717, 1.165) is 77.0 Å². The first-order valence-corrected chi connectivity index (χ1v) is 26.1. The number of hydrogen-bond acceptors (Lipinski definition) is 8. The van der Waals surface area contributed by atoms with Crippen LogP contribution in [-0.4, -0.2) is 67.4 Å². The fourth-order valence-electron chi connectivity index (χ4n) is 20.8. The molecule has 62 heavy (non-hydrogen) atoms. The van der Waals surface area contributed by atoms with E-state index in [1.807, 2.05) is 0 Å². The summed E-state index contributed by atoms with van der Waals surface area (Å²) in [5.74, 6) is 4.69. The van der Waals surface area contributed by atoms with E-state index in [1.165, 1.54) is 48.5 Å². The van der Waals surface area contributed by atoms with Gasteiger partial charge >= 0.3 is 0 Å². The van der Waals surface area contributed by atoms with Gasteiger partial charge in [-0.25, -0.2) is 0 Å². The summed E-state index contributed by atoms with van der Waals surface area (Å²) in [6.45, 7) is 23.7. The van der Waals surface area contributed by atoms with E-state index in [9.17, 15) is 10.2 Å². The molecule has 5 heterocycles. The van der Waals surface area contributed by atoms with Gasteiger partial charge in [0.25, 0.3) is 0 Å². The molecule has 4 aliphatic heterocycles. The van der Waals surface area contributed by atoms with E-state index in [1.54, 1.807) is 0 Å². The second-order valence-electron chi connectivity index (χ2n) is 27.1. The zero-order valence-corrected chi connectivity index (χ0v) is 40.0. The van der Waals surface area contributed by atoms with Crippen LogP contribution in [0.25, 0.3) is 0 Å². The molecule has 0 aromatic carbocycles. The standard InChI is InChI=1S/C54H80N2O6/c1-27-45-41(59-53(27)17-15-47(3,4)61-53)21-35-31-13-11-29-19-37-39(25-49(29,7)33(31)23-43(57)51(35,45)9)55-38-20-30-12-14-32-34(50(30,8)26-40(38)56-37)24-44(58)52(10)36(32)22-42-46(52)28(2)54(60-42)18-16-48(5,6)62-54/h27-36,41-46,57-58H,11-26H2,1-10H3/t27-,28-,29-,30-,31+,32+,33-,34-,35+,36+,41-,42?,43+,44+,45-,46-,49-,50-,51+,52+,53+,54-/m0/s1. The van der Waals surface area contributed by atoms with Gasteiger partial charge in [0, 0.05) is 47.3 Å². The predicted molar refractivity (Wildman–Crippen MR) is 235 cm³/mol. The Bertz CT molecular complexity index is 1930. The van der Waals surface area contributed by atoms with Crippen LogP contribution in [0.1, 0.15) is 169 Å². The summed E-state index contributed by atoms with van der Waals surface area (Å²) >= 11 is 0. The molecular formula is C54H80N2O6. The molecule has 4 saturated heterocycles. The maximum Gasteiger partial charge on any atom is 0.172 e. The second-order valence-corrected chi connectivity index (χ2v) is 27.1. The maximum atomic E-state index is 12.5. The molecule has 6 saturated carbocycles. The van der Waals surface area contributed by atoms with Crippen LogP contribution in [0.3, 0.4) is 0 Å². The smallest absolute Gasteiger partial charge is 0.172 e. The van der Waals surface area contributed by atoms with Gasteiger partial charge < -0.3 is 29.2 Å². The summed E-state index contributed by atoms with van der Waals surface area (Å²) in [7, 11) is 0. The molecule has 0 bridgehead atoms. The summed E-state index contributed by atoms with van der Waals surface area (Å²) in [4.78, 5) is 11.4. The maximum absolute atomic E-state index is 12.5. The number of fused-ring (bicyclic) bond motifs is 16. The molecule has 0 amide bonds. The number of aliphatic hydroxyl groups excluding tert-OH is 2. The number of aromatic nitrogens is 2. The van der Waals surface area contributed by atoms with E-state index in [4.69, 9.17) is 28.9 Å². The van der Waals surface area contributed by atoms with Crippen molar-refractivity contribution in [1.29, 1.82) is 0 Å². The Labute approximate surface area is 372 Å². The molecule has 12 aliphatic rings. The molecule has 1 unspecified atom stereocenters. The molecule has 10 fully saturated rings. The molecule has 8 nitrogen and oxygen atoms in total. The van der Waals surface area contributed by atoms with Crippen LogP contribution in [0.4, 0.5) is 0 Å². The van der Waals surface area contributed by atoms with Crippen LogP contribution in [-0.2, 0) is 44.6 Å². The topological polar surface area (TPSA) is 103 Å². The minimum atomic E-state index is -0.482. The van der Waals surface area contributed by atoms with Crippen LogP contribution < -0.4 is 0 Å². The van der Waals surface area contributed by atoms with Crippen molar-refractivity contribution in [2.75, 3.05) is 0 Å². The highest BCUT2D eigenvalue weighted by Gasteiger charge is 2.74. The predicted octanol–water partition coefficient (Wildman–Crippen LogP) is 9.43. The van der Waals surface area contributed by atoms with Crippen LogP contribution in [0.5, 0.6) is 0 Å². The quantitative estimate of drug-likeness (QED) is 0.266. The van der Waals surface area contributed by atoms with Crippen molar-refractivity contribution in [1.82, 2.24) is 9.97 Å². The van der Waals surface area contributed by atoms with Gasteiger partial charge in [-0.2, -0.15) is 0 Å². The highest BCUT2D eigenvalue weighted by molar-refractivity contribution is 5.32. The summed E-state index contributed by atoms with van der Waals surface area (Å²) in [6, 6.07) is 0. The molecule has 22 atom stereocenters. The van der Waals surface area contributed by atoms with E-state index in [-0.39, 0.29) is 57.3 Å². The average Bonchev–Trinajstić information content (AvgIpc) is 3.99. The van der Waals surface area contributed by atoms with Gasteiger partial charge in [0.1, 0.15) is 0 Å². The van der Waals surface area contributed by atoms with Crippen LogP contribution in [0, 0.1) is 92.7 Å². The zero-order valence-electron chi connectivity index (χ0n) is 40.0. The average molecular weight is 853 g/mol. The van der Waals surface area contributed by atoms with Gasteiger partial charge in [0.2, 0.25) is 0 Å². The molecule has 0 radical (unpaired) electrons. The van der Waals surface area contributed by atoms with Gasteiger partial charge in [-0.3, -0.25) is 9.97 Å². The molecule has 8 aliphatic carbocycles. The molecular weight excluding hydrogens is 773 g/mol. The lowest BCUT2D eigenvalue weighted by Crippen LogP contribution is -2.60. The van der Waals surface area contributed by atoms with Crippen molar-refractivity contribution in [2.24, 2.45) is 92.7 Å². The van der Waals surface area contributed by atoms with E-state index >= 15 is 0 Å². The molecule has 8 heteroatoms. The van der Waals surface area contributed by atoms with Gasteiger partial charge in [0.15, 0.2) is 11.6 Å². The minimum Gasteiger partial charge on any atom is -0.393 e. The molecule has 1 aromatic rings. The lowest BCUT2D eigenvalue weighted by Gasteiger charge is -2.62. The van der Waals surface area contributed by atoms with Gasteiger partial charge in [-0.05, 0) is 176 Å². The van der Waals surface area contributed by atoms with Crippen molar-refractivity contribution in [2.45, 2.75) is 219 Å². The second kappa shape index (κ2) is 12.5. The number of hydrogen-bond donors (Lipinski definition) is 2. The third-order valence-electron chi connectivity index (χ3n) is 23.9. The first-order chi connectivity index (χ1) is 29.1. The third-order valence-corrected chi connectivity index (χ3v) is 23.9. The minimum absolute atomic E-state index is 0.123. The highest BCUT2D eigenvalue weighted by Crippen LogP contribution is 2.74. The molecule has 342 valence electrons. The van der Waals surface area contributed by atoms with E-state index in [0.29, 0.717) is 71.0 Å². The number of nitrogens with zero attached hydrogens (tertiary/aromatic N) is 2. The fourth-order valence-corrected chi connectivity index (χ4v) is 20.8. The van der Waals surface area contributed by atoms with Gasteiger partial charge in [-0.15, -0.1) is 0 Å². The van der Waals surface area contributed by atoms with Crippen LogP contribution >= 0.6 is 0 Å². The molecule has 2 spiro atoms. The zero-order chi connectivity index (χ0) is 43.1. The first kappa shape index (κ1) is 41.1. The largest absolute Gasteiger partial charge is 0.393 e. The highest BCUT2D eigenvalue weighted by atomic mass is 16.7. The Morgan fingerprint density at radius 3 is 1.27 bits per heavy atom. The normalized spacial score (nSPS) is 59.3. The Morgan fingerprint density at radius 2 is 0.903 bits per heavy atom. The number of rotatable bonds is 0. The van der Waals surface area contributed by atoms with Crippen molar-refractivity contribution >= 4 is 0 Å². The SMILES string of the molecule is C[C@H]1[C@H]2[C@H](C[C@@H]3[C@@H]4CC[C@H]5Cc6nc7c(nc6C[C@]5(C)[C@H]4C[C@@H](O)[C@]23C)C[C@@H]2CC[C@H]3[C@H]4CC5O[C@]6(CCC(C)(C)O6)[C@@H](C)[C@@H]5[C@@]4(C)[C@H](O)C[C@@H]3[C@@]2(C)C7)O[C@@]12CCC(C)(C)O2. The number of ether oxygens (including phenoxy) is 4. The Hall–Kier alpha value is -1.16. The summed E-state index contributed by atoms with van der Waals surface area (Å²) in [6.07, 6.45) is 16.8. The number of aliphatic hydroxyl groups is 2. The van der Waals surface area contributed by atoms with Crippen molar-refractivity contribution in [3.8, 4) is 0 Å². The van der Waals surface area contributed by atoms with Gasteiger partial charge in [0.05, 0.1) is 58.4 Å².